The van der Waals surface area contributed by atoms with Crippen LogP contribution in [0.5, 0.6) is 5.75 Å². The molecule has 0 radical (unpaired) electrons. The molecule has 5 nitrogen and oxygen atoms in total. The average Bonchev–Trinajstić information content (AvgIpc) is 2.65. The highest BCUT2D eigenvalue weighted by Gasteiger charge is 2.45. The highest BCUT2D eigenvalue weighted by Crippen LogP contribution is 2.44. The number of rotatable bonds is 4. The average molecular weight is 415 g/mol. The Bertz CT molecular complexity index is 770. The van der Waals surface area contributed by atoms with Gasteiger partial charge in [0.05, 0.1) is 12.9 Å². The second kappa shape index (κ2) is 8.27. The predicted molar refractivity (Wildman–Crippen MR) is 110 cm³/mol. The van der Waals surface area contributed by atoms with Gasteiger partial charge in [-0.25, -0.2) is 8.42 Å². The van der Waals surface area contributed by atoms with Crippen LogP contribution in [0.3, 0.4) is 0 Å². The van der Waals surface area contributed by atoms with Crippen molar-refractivity contribution in [1.29, 1.82) is 0 Å². The van der Waals surface area contributed by atoms with E-state index in [1.807, 2.05) is 17.3 Å². The van der Waals surface area contributed by atoms with Gasteiger partial charge >= 0.3 is 0 Å². The molecule has 3 aliphatic rings. The zero-order valence-corrected chi connectivity index (χ0v) is 17.9. The quantitative estimate of drug-likeness (QED) is 0.758. The lowest BCUT2D eigenvalue weighted by molar-refractivity contribution is 0.0220. The number of fused-ring (bicyclic) bond motifs is 4. The molecule has 0 spiro atoms. The number of sulfonamides is 1. The van der Waals surface area contributed by atoms with Gasteiger partial charge in [-0.15, -0.1) is 12.4 Å². The number of benzene rings is 1. The minimum Gasteiger partial charge on any atom is -0.497 e. The monoisotopic (exact) mass is 414 g/mol. The summed E-state index contributed by atoms with van der Waals surface area (Å²) in [6.45, 7) is 4.74. The summed E-state index contributed by atoms with van der Waals surface area (Å²) in [6.07, 6.45) is 4.82. The maximum atomic E-state index is 12.8. The summed E-state index contributed by atoms with van der Waals surface area (Å²) in [5, 5.41) is 0. The Hall–Kier alpha value is -0.820. The van der Waals surface area contributed by atoms with Crippen LogP contribution in [0.2, 0.25) is 0 Å². The van der Waals surface area contributed by atoms with Gasteiger partial charge in [0.15, 0.2) is 0 Å². The first kappa shape index (κ1) is 20.9. The highest BCUT2D eigenvalue weighted by molar-refractivity contribution is 7.89. The molecule has 2 fully saturated rings. The SMILES string of the molecule is CCCS(=O)(=O)N1CCC[C@@H]2CN3CCc4cc(OC)ccc4[C@@H]3C[C@@H]21.Cl. The van der Waals surface area contributed by atoms with E-state index in [9.17, 15) is 8.42 Å². The second-order valence-corrected chi connectivity index (χ2v) is 10.00. The van der Waals surface area contributed by atoms with Crippen molar-refractivity contribution >= 4 is 22.4 Å². The summed E-state index contributed by atoms with van der Waals surface area (Å²) in [7, 11) is -1.43. The number of nitrogens with zero attached hydrogens (tertiary/aromatic N) is 2. The van der Waals surface area contributed by atoms with Crippen LogP contribution in [0.1, 0.15) is 49.8 Å². The van der Waals surface area contributed by atoms with Crippen LogP contribution in [0.25, 0.3) is 0 Å². The van der Waals surface area contributed by atoms with Crippen LogP contribution < -0.4 is 4.74 Å². The second-order valence-electron chi connectivity index (χ2n) is 7.96. The molecule has 1 aromatic rings. The molecule has 0 saturated carbocycles. The van der Waals surface area contributed by atoms with Crippen LogP contribution in [-0.4, -0.2) is 56.2 Å². The molecule has 0 bridgehead atoms. The Kier molecular flexibility index (Phi) is 6.41. The van der Waals surface area contributed by atoms with E-state index in [4.69, 9.17) is 4.74 Å². The lowest BCUT2D eigenvalue weighted by Gasteiger charge is -2.51. The third-order valence-electron chi connectivity index (χ3n) is 6.44. The van der Waals surface area contributed by atoms with E-state index in [0.717, 1.165) is 44.5 Å². The zero-order chi connectivity index (χ0) is 18.3. The van der Waals surface area contributed by atoms with Crippen molar-refractivity contribution in [1.82, 2.24) is 9.21 Å². The minimum absolute atomic E-state index is 0. The van der Waals surface area contributed by atoms with Gasteiger partial charge in [-0.05, 0) is 61.3 Å². The summed E-state index contributed by atoms with van der Waals surface area (Å²) in [5.41, 5.74) is 2.73. The highest BCUT2D eigenvalue weighted by atomic mass is 35.5. The van der Waals surface area contributed by atoms with E-state index in [0.29, 0.717) is 24.9 Å². The minimum atomic E-state index is -3.13. The number of methoxy groups -OCH3 is 1. The Morgan fingerprint density at radius 2 is 2.07 bits per heavy atom. The maximum Gasteiger partial charge on any atom is 0.214 e. The predicted octanol–water partition coefficient (Wildman–Crippen LogP) is 3.24. The first-order valence-corrected chi connectivity index (χ1v) is 11.5. The molecule has 0 aromatic heterocycles. The third-order valence-corrected chi connectivity index (χ3v) is 8.53. The largest absolute Gasteiger partial charge is 0.497 e. The normalized spacial score (nSPS) is 28.4. The fourth-order valence-corrected chi connectivity index (χ4v) is 7.07. The Morgan fingerprint density at radius 3 is 2.81 bits per heavy atom. The van der Waals surface area contributed by atoms with E-state index >= 15 is 0 Å². The van der Waals surface area contributed by atoms with Gasteiger partial charge in [-0.3, -0.25) is 4.90 Å². The van der Waals surface area contributed by atoms with Gasteiger partial charge in [0.2, 0.25) is 10.0 Å². The van der Waals surface area contributed by atoms with E-state index in [1.54, 1.807) is 7.11 Å². The fourth-order valence-electron chi connectivity index (χ4n) is 5.24. The molecule has 3 heterocycles. The molecule has 0 aliphatic carbocycles. The van der Waals surface area contributed by atoms with Crippen molar-refractivity contribution in [3.63, 3.8) is 0 Å². The Balaban J connectivity index is 0.00000210. The van der Waals surface area contributed by atoms with Crippen molar-refractivity contribution < 1.29 is 13.2 Å². The van der Waals surface area contributed by atoms with E-state index in [2.05, 4.69) is 17.0 Å². The third kappa shape index (κ3) is 3.86. The van der Waals surface area contributed by atoms with Crippen LogP contribution in [0.4, 0.5) is 0 Å². The van der Waals surface area contributed by atoms with Gasteiger partial charge in [0.25, 0.3) is 0 Å². The summed E-state index contributed by atoms with van der Waals surface area (Å²) >= 11 is 0. The summed E-state index contributed by atoms with van der Waals surface area (Å²) in [4.78, 5) is 2.59. The van der Waals surface area contributed by atoms with Crippen molar-refractivity contribution in [3.8, 4) is 5.75 Å². The van der Waals surface area contributed by atoms with Crippen molar-refractivity contribution in [2.45, 2.75) is 51.1 Å². The van der Waals surface area contributed by atoms with Crippen LogP contribution in [0, 0.1) is 5.92 Å². The van der Waals surface area contributed by atoms with Crippen LogP contribution >= 0.6 is 12.4 Å². The lowest BCUT2D eigenvalue weighted by atomic mass is 9.77. The van der Waals surface area contributed by atoms with Gasteiger partial charge in [-0.1, -0.05) is 13.0 Å². The van der Waals surface area contributed by atoms with E-state index in [1.165, 1.54) is 11.1 Å². The Labute approximate surface area is 169 Å². The lowest BCUT2D eigenvalue weighted by Crippen LogP contribution is -2.57. The van der Waals surface area contributed by atoms with E-state index < -0.39 is 10.0 Å². The molecular formula is C20H31ClN2O3S. The van der Waals surface area contributed by atoms with Crippen LogP contribution in [-0.2, 0) is 16.4 Å². The molecule has 4 rings (SSSR count). The molecule has 0 N–H and O–H groups in total. The van der Waals surface area contributed by atoms with Crippen molar-refractivity contribution in [3.05, 3.63) is 29.3 Å². The van der Waals surface area contributed by atoms with Gasteiger partial charge in [-0.2, -0.15) is 4.31 Å². The standard InChI is InChI=1S/C20H30N2O3S.ClH/c1-3-11-26(23,24)22-9-4-5-16-14-21-10-8-15-12-17(25-2)6-7-18(15)20(21)13-19(16)22;/h6-7,12,16,19-20H,3-5,8-11,13-14H2,1-2H3;1H/t16-,19+,20+;/m1./s1. The molecule has 27 heavy (non-hydrogen) atoms. The van der Waals surface area contributed by atoms with Crippen LogP contribution in [0.15, 0.2) is 18.2 Å². The zero-order valence-electron chi connectivity index (χ0n) is 16.3. The first-order valence-electron chi connectivity index (χ1n) is 9.94. The molecule has 2 saturated heterocycles. The summed E-state index contributed by atoms with van der Waals surface area (Å²) in [6, 6.07) is 6.89. The van der Waals surface area contributed by atoms with Crippen molar-refractivity contribution in [2.24, 2.45) is 5.92 Å². The number of ether oxygens (including phenoxy) is 1. The molecule has 7 heteroatoms. The number of piperidine rings is 2. The first-order chi connectivity index (χ1) is 12.5. The molecule has 0 unspecified atom stereocenters. The summed E-state index contributed by atoms with van der Waals surface area (Å²) in [5.74, 6) is 1.67. The maximum absolute atomic E-state index is 12.8. The smallest absolute Gasteiger partial charge is 0.214 e. The number of halogens is 1. The molecule has 0 amide bonds. The van der Waals surface area contributed by atoms with Gasteiger partial charge in [0.1, 0.15) is 5.75 Å². The molecule has 1 aromatic carbocycles. The topological polar surface area (TPSA) is 49.9 Å². The van der Waals surface area contributed by atoms with E-state index in [-0.39, 0.29) is 24.2 Å². The number of hydrogen-bond donors (Lipinski definition) is 0. The molecular weight excluding hydrogens is 384 g/mol. The summed E-state index contributed by atoms with van der Waals surface area (Å²) < 4.78 is 32.9. The van der Waals surface area contributed by atoms with Gasteiger partial charge < -0.3 is 4.74 Å². The Morgan fingerprint density at radius 1 is 1.26 bits per heavy atom. The van der Waals surface area contributed by atoms with Gasteiger partial charge in [0, 0.05) is 31.7 Å². The van der Waals surface area contributed by atoms with Crippen molar-refractivity contribution in [2.75, 3.05) is 32.5 Å². The fraction of sp³-hybridized carbons (Fsp3) is 0.700. The number of hydrogen-bond acceptors (Lipinski definition) is 4. The molecule has 3 atom stereocenters. The molecule has 152 valence electrons. The molecule has 3 aliphatic heterocycles.